The zero-order chi connectivity index (χ0) is 9.97. The third kappa shape index (κ3) is 1.98. The molecule has 0 aliphatic heterocycles. The number of nitrogens with zero attached hydrogens (tertiary/aromatic N) is 2. The van der Waals surface area contributed by atoms with Gasteiger partial charge < -0.3 is 8.83 Å². The standard InChI is InChI=1S/C9H10N2O2S/c1-6(2)14-9-11-10-8(13-9)7-4-3-5-12-7/h3-6H,1-2H3. The van der Waals surface area contributed by atoms with Crippen LogP contribution in [0.5, 0.6) is 0 Å². The van der Waals surface area contributed by atoms with Crippen LogP contribution >= 0.6 is 11.8 Å². The second-order valence-corrected chi connectivity index (χ2v) is 4.54. The molecule has 2 aromatic heterocycles. The van der Waals surface area contributed by atoms with Crippen molar-refractivity contribution in [2.24, 2.45) is 0 Å². The Hall–Kier alpha value is -1.23. The van der Waals surface area contributed by atoms with Crippen LogP contribution in [0.1, 0.15) is 13.8 Å². The van der Waals surface area contributed by atoms with Gasteiger partial charge in [0.25, 0.3) is 11.1 Å². The summed E-state index contributed by atoms with van der Waals surface area (Å²) in [6.45, 7) is 4.14. The van der Waals surface area contributed by atoms with Crippen LogP contribution in [0.3, 0.4) is 0 Å². The van der Waals surface area contributed by atoms with Gasteiger partial charge in [-0.1, -0.05) is 25.6 Å². The number of hydrogen-bond acceptors (Lipinski definition) is 5. The largest absolute Gasteiger partial charge is 0.459 e. The molecule has 0 spiro atoms. The van der Waals surface area contributed by atoms with E-state index in [1.54, 1.807) is 18.4 Å². The van der Waals surface area contributed by atoms with Gasteiger partial charge in [-0.25, -0.2) is 0 Å². The fourth-order valence-electron chi connectivity index (χ4n) is 0.959. The summed E-state index contributed by atoms with van der Waals surface area (Å²) in [4.78, 5) is 0. The molecule has 0 fully saturated rings. The van der Waals surface area contributed by atoms with E-state index in [-0.39, 0.29) is 0 Å². The SMILES string of the molecule is CC(C)Sc1nnc(-c2ccco2)o1. The van der Waals surface area contributed by atoms with Gasteiger partial charge in [-0.2, -0.15) is 0 Å². The van der Waals surface area contributed by atoms with Gasteiger partial charge in [-0.3, -0.25) is 0 Å². The Morgan fingerprint density at radius 3 is 2.86 bits per heavy atom. The molecule has 2 rings (SSSR count). The predicted molar refractivity (Wildman–Crippen MR) is 53.0 cm³/mol. The Labute approximate surface area is 85.7 Å². The van der Waals surface area contributed by atoms with Crippen molar-refractivity contribution in [3.05, 3.63) is 18.4 Å². The van der Waals surface area contributed by atoms with Crippen LogP contribution in [-0.4, -0.2) is 15.4 Å². The van der Waals surface area contributed by atoms with Crippen LogP contribution in [0.4, 0.5) is 0 Å². The molecule has 0 unspecified atom stereocenters. The lowest BCUT2D eigenvalue weighted by Gasteiger charge is -1.95. The molecule has 0 radical (unpaired) electrons. The van der Waals surface area contributed by atoms with Gasteiger partial charge in [0.1, 0.15) is 0 Å². The third-order valence-corrected chi connectivity index (χ3v) is 2.31. The van der Waals surface area contributed by atoms with Gasteiger partial charge in [0.15, 0.2) is 5.76 Å². The molecule has 0 saturated carbocycles. The molecule has 74 valence electrons. The van der Waals surface area contributed by atoms with Crippen LogP contribution in [0.2, 0.25) is 0 Å². The van der Waals surface area contributed by atoms with E-state index >= 15 is 0 Å². The van der Waals surface area contributed by atoms with Crippen molar-refractivity contribution in [3.8, 4) is 11.7 Å². The average molecular weight is 210 g/mol. The van der Waals surface area contributed by atoms with Crippen molar-refractivity contribution in [1.82, 2.24) is 10.2 Å². The first-order valence-electron chi connectivity index (χ1n) is 4.30. The maximum Gasteiger partial charge on any atom is 0.284 e. The Balaban J connectivity index is 2.18. The third-order valence-electron chi connectivity index (χ3n) is 1.47. The molecule has 0 bridgehead atoms. The van der Waals surface area contributed by atoms with Gasteiger partial charge in [0.05, 0.1) is 6.26 Å². The summed E-state index contributed by atoms with van der Waals surface area (Å²) in [5.74, 6) is 1.03. The Morgan fingerprint density at radius 2 is 2.21 bits per heavy atom. The Kier molecular flexibility index (Phi) is 2.58. The van der Waals surface area contributed by atoms with Crippen LogP contribution in [0, 0.1) is 0 Å². The molecule has 2 aromatic rings. The zero-order valence-corrected chi connectivity index (χ0v) is 8.75. The molecule has 0 aromatic carbocycles. The number of furan rings is 1. The second kappa shape index (κ2) is 3.88. The van der Waals surface area contributed by atoms with Crippen molar-refractivity contribution in [1.29, 1.82) is 0 Å². The molecule has 0 saturated heterocycles. The first-order chi connectivity index (χ1) is 6.75. The molecule has 2 heterocycles. The van der Waals surface area contributed by atoms with Gasteiger partial charge in [0, 0.05) is 5.25 Å². The molecule has 0 atom stereocenters. The highest BCUT2D eigenvalue weighted by atomic mass is 32.2. The lowest BCUT2D eigenvalue weighted by Crippen LogP contribution is -1.84. The first-order valence-corrected chi connectivity index (χ1v) is 5.17. The normalized spacial score (nSPS) is 11.1. The van der Waals surface area contributed by atoms with Gasteiger partial charge >= 0.3 is 0 Å². The zero-order valence-electron chi connectivity index (χ0n) is 7.93. The smallest absolute Gasteiger partial charge is 0.284 e. The highest BCUT2D eigenvalue weighted by molar-refractivity contribution is 7.99. The fraction of sp³-hybridized carbons (Fsp3) is 0.333. The molecule has 0 amide bonds. The number of thioether (sulfide) groups is 1. The fourth-order valence-corrected chi connectivity index (χ4v) is 1.58. The van der Waals surface area contributed by atoms with E-state index in [2.05, 4.69) is 24.0 Å². The number of hydrogen-bond donors (Lipinski definition) is 0. The van der Waals surface area contributed by atoms with Gasteiger partial charge in [-0.15, -0.1) is 10.2 Å². The van der Waals surface area contributed by atoms with Crippen LogP contribution in [0.15, 0.2) is 32.5 Å². The van der Waals surface area contributed by atoms with Crippen LogP contribution in [-0.2, 0) is 0 Å². The summed E-state index contributed by atoms with van der Waals surface area (Å²) in [5.41, 5.74) is 0. The maximum atomic E-state index is 5.39. The number of aromatic nitrogens is 2. The van der Waals surface area contributed by atoms with E-state index in [1.807, 2.05) is 0 Å². The van der Waals surface area contributed by atoms with Crippen molar-refractivity contribution >= 4 is 11.8 Å². The Morgan fingerprint density at radius 1 is 1.36 bits per heavy atom. The lowest BCUT2D eigenvalue weighted by molar-refractivity contribution is 0.447. The summed E-state index contributed by atoms with van der Waals surface area (Å²) in [6.07, 6.45) is 1.58. The average Bonchev–Trinajstić information content (AvgIpc) is 2.69. The van der Waals surface area contributed by atoms with E-state index in [0.717, 1.165) is 0 Å². The lowest BCUT2D eigenvalue weighted by atomic mass is 10.5. The van der Waals surface area contributed by atoms with E-state index in [4.69, 9.17) is 8.83 Å². The predicted octanol–water partition coefficient (Wildman–Crippen LogP) is 2.83. The minimum Gasteiger partial charge on any atom is -0.459 e. The van der Waals surface area contributed by atoms with E-state index in [9.17, 15) is 0 Å². The summed E-state index contributed by atoms with van der Waals surface area (Å²) < 4.78 is 10.5. The molecule has 0 N–H and O–H groups in total. The minimum absolute atomic E-state index is 0.429. The van der Waals surface area contributed by atoms with Crippen LogP contribution < -0.4 is 0 Å². The molecular weight excluding hydrogens is 200 g/mol. The molecule has 5 heteroatoms. The molecule has 14 heavy (non-hydrogen) atoms. The highest BCUT2D eigenvalue weighted by Gasteiger charge is 2.11. The van der Waals surface area contributed by atoms with E-state index < -0.39 is 0 Å². The van der Waals surface area contributed by atoms with E-state index in [0.29, 0.717) is 22.1 Å². The van der Waals surface area contributed by atoms with Gasteiger partial charge in [-0.05, 0) is 12.1 Å². The van der Waals surface area contributed by atoms with Crippen molar-refractivity contribution in [3.63, 3.8) is 0 Å². The molecule has 0 aliphatic carbocycles. The van der Waals surface area contributed by atoms with Crippen molar-refractivity contribution < 1.29 is 8.83 Å². The first kappa shape index (κ1) is 9.33. The minimum atomic E-state index is 0.429. The quantitative estimate of drug-likeness (QED) is 0.729. The molecular formula is C9H10N2O2S. The molecule has 0 aliphatic rings. The van der Waals surface area contributed by atoms with E-state index in [1.165, 1.54) is 11.8 Å². The maximum absolute atomic E-state index is 5.39. The van der Waals surface area contributed by atoms with Crippen molar-refractivity contribution in [2.75, 3.05) is 0 Å². The summed E-state index contributed by atoms with van der Waals surface area (Å²) in [7, 11) is 0. The second-order valence-electron chi connectivity index (χ2n) is 3.02. The van der Waals surface area contributed by atoms with Crippen LogP contribution in [0.25, 0.3) is 11.7 Å². The monoisotopic (exact) mass is 210 g/mol. The highest BCUT2D eigenvalue weighted by Crippen LogP contribution is 2.25. The topological polar surface area (TPSA) is 52.1 Å². The summed E-state index contributed by atoms with van der Waals surface area (Å²) in [5, 5.41) is 8.78. The van der Waals surface area contributed by atoms with Gasteiger partial charge in [0.2, 0.25) is 0 Å². The Bertz CT molecular complexity index is 395. The summed E-state index contributed by atoms with van der Waals surface area (Å²) >= 11 is 1.53. The number of rotatable bonds is 3. The summed E-state index contributed by atoms with van der Waals surface area (Å²) in [6, 6.07) is 3.58. The van der Waals surface area contributed by atoms with Crippen molar-refractivity contribution in [2.45, 2.75) is 24.3 Å². The molecule has 4 nitrogen and oxygen atoms in total.